The van der Waals surface area contributed by atoms with Crippen LogP contribution in [0.4, 0.5) is 0 Å². The number of aryl methyl sites for hydroxylation is 1. The molecule has 0 spiro atoms. The third-order valence-electron chi connectivity index (χ3n) is 2.82. The second kappa shape index (κ2) is 6.94. The summed E-state index contributed by atoms with van der Waals surface area (Å²) in [6.07, 6.45) is 0.634. The zero-order valence-corrected chi connectivity index (χ0v) is 12.5. The third-order valence-corrected chi connectivity index (χ3v) is 3.57. The lowest BCUT2D eigenvalue weighted by Crippen LogP contribution is -2.06. The van der Waals surface area contributed by atoms with Gasteiger partial charge in [-0.3, -0.25) is 0 Å². The van der Waals surface area contributed by atoms with E-state index in [4.69, 9.17) is 4.74 Å². The standard InChI is InChI=1S/C14H14N2O4S/c1-3-11-12(21-16-15-11)14(18)20-8-9-4-6-10(7-5-9)13(17)19-2/h4-7H,3,8H2,1-2H3. The number of benzene rings is 1. The summed E-state index contributed by atoms with van der Waals surface area (Å²) in [5, 5.41) is 3.87. The Morgan fingerprint density at radius 2 is 1.90 bits per heavy atom. The largest absolute Gasteiger partial charge is 0.465 e. The molecule has 2 aromatic rings. The average molecular weight is 306 g/mol. The number of ether oxygens (including phenoxy) is 2. The Balaban J connectivity index is 1.97. The molecule has 6 nitrogen and oxygen atoms in total. The van der Waals surface area contributed by atoms with Gasteiger partial charge in [-0.15, -0.1) is 5.10 Å². The van der Waals surface area contributed by atoms with Gasteiger partial charge >= 0.3 is 11.9 Å². The highest BCUT2D eigenvalue weighted by Gasteiger charge is 2.16. The molecular formula is C14H14N2O4S. The van der Waals surface area contributed by atoms with Gasteiger partial charge in [0.25, 0.3) is 0 Å². The predicted molar refractivity (Wildman–Crippen MR) is 76.2 cm³/mol. The molecule has 110 valence electrons. The summed E-state index contributed by atoms with van der Waals surface area (Å²) in [6.45, 7) is 2.03. The van der Waals surface area contributed by atoms with Gasteiger partial charge < -0.3 is 9.47 Å². The van der Waals surface area contributed by atoms with Crippen LogP contribution in [0.1, 0.15) is 38.2 Å². The first kappa shape index (κ1) is 15.1. The van der Waals surface area contributed by atoms with Crippen LogP contribution in [-0.4, -0.2) is 28.6 Å². The Labute approximate surface area is 125 Å². The van der Waals surface area contributed by atoms with Crippen LogP contribution in [0.3, 0.4) is 0 Å². The number of hydrogen-bond donors (Lipinski definition) is 0. The summed E-state index contributed by atoms with van der Waals surface area (Å²) in [5.74, 6) is -0.833. The van der Waals surface area contributed by atoms with Crippen LogP contribution in [0.5, 0.6) is 0 Å². The Bertz CT molecular complexity index is 637. The minimum atomic E-state index is -0.432. The van der Waals surface area contributed by atoms with E-state index in [0.717, 1.165) is 17.1 Å². The first-order valence-electron chi connectivity index (χ1n) is 6.31. The lowest BCUT2D eigenvalue weighted by Gasteiger charge is -2.05. The molecule has 0 aliphatic rings. The summed E-state index contributed by atoms with van der Waals surface area (Å²) in [7, 11) is 1.33. The van der Waals surface area contributed by atoms with Crippen LogP contribution in [0.2, 0.25) is 0 Å². The summed E-state index contributed by atoms with van der Waals surface area (Å²) in [5.41, 5.74) is 1.88. The second-order valence-corrected chi connectivity index (χ2v) is 4.92. The predicted octanol–water partition coefficient (Wildman–Crippen LogP) is 2.24. The SMILES string of the molecule is CCc1nnsc1C(=O)OCc1ccc(C(=O)OC)cc1. The monoisotopic (exact) mass is 306 g/mol. The highest BCUT2D eigenvalue weighted by Crippen LogP contribution is 2.14. The number of aromatic nitrogens is 2. The van der Waals surface area contributed by atoms with Crippen molar-refractivity contribution in [1.29, 1.82) is 0 Å². The topological polar surface area (TPSA) is 78.4 Å². The minimum absolute atomic E-state index is 0.126. The van der Waals surface area contributed by atoms with Gasteiger partial charge in [-0.25, -0.2) is 9.59 Å². The summed E-state index contributed by atoms with van der Waals surface area (Å²) in [4.78, 5) is 23.6. The van der Waals surface area contributed by atoms with Crippen LogP contribution >= 0.6 is 11.5 Å². The maximum Gasteiger partial charge on any atom is 0.352 e. The number of carbonyl (C=O) groups excluding carboxylic acids is 2. The normalized spacial score (nSPS) is 10.2. The molecule has 21 heavy (non-hydrogen) atoms. The smallest absolute Gasteiger partial charge is 0.352 e. The Hall–Kier alpha value is -2.28. The van der Waals surface area contributed by atoms with Crippen molar-refractivity contribution in [3.63, 3.8) is 0 Å². The highest BCUT2D eigenvalue weighted by molar-refractivity contribution is 7.07. The molecule has 0 saturated carbocycles. The molecule has 1 heterocycles. The molecular weight excluding hydrogens is 292 g/mol. The van der Waals surface area contributed by atoms with Crippen molar-refractivity contribution in [1.82, 2.24) is 9.59 Å². The van der Waals surface area contributed by atoms with Gasteiger partial charge in [0.05, 0.1) is 18.4 Å². The number of rotatable bonds is 5. The maximum absolute atomic E-state index is 11.9. The fraction of sp³-hybridized carbons (Fsp3) is 0.286. The van der Waals surface area contributed by atoms with Crippen molar-refractivity contribution < 1.29 is 19.1 Å². The van der Waals surface area contributed by atoms with Crippen molar-refractivity contribution in [2.45, 2.75) is 20.0 Å². The Morgan fingerprint density at radius 3 is 2.52 bits per heavy atom. The zero-order valence-electron chi connectivity index (χ0n) is 11.7. The number of nitrogens with zero attached hydrogens (tertiary/aromatic N) is 2. The summed E-state index contributed by atoms with van der Waals surface area (Å²) < 4.78 is 13.6. The molecule has 1 aromatic heterocycles. The Kier molecular flexibility index (Phi) is 4.99. The lowest BCUT2D eigenvalue weighted by molar-refractivity contribution is 0.0475. The molecule has 0 N–H and O–H groups in total. The molecule has 0 amide bonds. The molecule has 0 saturated heterocycles. The van der Waals surface area contributed by atoms with Gasteiger partial charge in [0, 0.05) is 0 Å². The maximum atomic E-state index is 11.9. The van der Waals surface area contributed by atoms with E-state index in [1.54, 1.807) is 24.3 Å². The van der Waals surface area contributed by atoms with E-state index in [2.05, 4.69) is 14.3 Å². The molecule has 0 fully saturated rings. The first-order chi connectivity index (χ1) is 10.2. The van der Waals surface area contributed by atoms with E-state index >= 15 is 0 Å². The van der Waals surface area contributed by atoms with Crippen LogP contribution in [-0.2, 0) is 22.5 Å². The van der Waals surface area contributed by atoms with E-state index in [1.807, 2.05) is 6.92 Å². The number of carbonyl (C=O) groups is 2. The van der Waals surface area contributed by atoms with Crippen LogP contribution in [0.15, 0.2) is 24.3 Å². The van der Waals surface area contributed by atoms with Gasteiger partial charge in [0.15, 0.2) is 4.88 Å². The molecule has 0 radical (unpaired) electrons. The van der Waals surface area contributed by atoms with E-state index in [9.17, 15) is 9.59 Å². The molecule has 0 unspecified atom stereocenters. The molecule has 1 aromatic carbocycles. The van der Waals surface area contributed by atoms with E-state index in [-0.39, 0.29) is 6.61 Å². The van der Waals surface area contributed by atoms with Gasteiger partial charge in [-0.05, 0) is 35.6 Å². The summed E-state index contributed by atoms with van der Waals surface area (Å²) in [6, 6.07) is 6.68. The van der Waals surface area contributed by atoms with Crippen molar-refractivity contribution in [2.75, 3.05) is 7.11 Å². The molecule has 0 aliphatic heterocycles. The first-order valence-corrected chi connectivity index (χ1v) is 7.08. The fourth-order valence-electron chi connectivity index (χ4n) is 1.66. The average Bonchev–Trinajstić information content (AvgIpc) is 3.01. The fourth-order valence-corrected chi connectivity index (χ4v) is 2.31. The zero-order chi connectivity index (χ0) is 15.2. The molecule has 0 aliphatic carbocycles. The van der Waals surface area contributed by atoms with Crippen molar-refractivity contribution in [2.24, 2.45) is 0 Å². The van der Waals surface area contributed by atoms with Crippen molar-refractivity contribution in [3.8, 4) is 0 Å². The quantitative estimate of drug-likeness (QED) is 0.788. The van der Waals surface area contributed by atoms with Gasteiger partial charge in [0.2, 0.25) is 0 Å². The molecule has 0 bridgehead atoms. The highest BCUT2D eigenvalue weighted by atomic mass is 32.1. The summed E-state index contributed by atoms with van der Waals surface area (Å²) >= 11 is 1.03. The number of methoxy groups -OCH3 is 1. The van der Waals surface area contributed by atoms with Crippen molar-refractivity contribution >= 4 is 23.5 Å². The van der Waals surface area contributed by atoms with Gasteiger partial charge in [0.1, 0.15) is 6.61 Å². The molecule has 0 atom stereocenters. The van der Waals surface area contributed by atoms with Crippen LogP contribution in [0.25, 0.3) is 0 Å². The minimum Gasteiger partial charge on any atom is -0.465 e. The van der Waals surface area contributed by atoms with Crippen LogP contribution < -0.4 is 0 Å². The van der Waals surface area contributed by atoms with E-state index in [1.165, 1.54) is 7.11 Å². The van der Waals surface area contributed by atoms with Gasteiger partial charge in [-0.2, -0.15) is 0 Å². The van der Waals surface area contributed by atoms with E-state index in [0.29, 0.717) is 22.6 Å². The van der Waals surface area contributed by atoms with Gasteiger partial charge in [-0.1, -0.05) is 23.5 Å². The van der Waals surface area contributed by atoms with E-state index < -0.39 is 11.9 Å². The molecule has 7 heteroatoms. The van der Waals surface area contributed by atoms with Crippen LogP contribution in [0, 0.1) is 0 Å². The molecule has 2 rings (SSSR count). The lowest BCUT2D eigenvalue weighted by atomic mass is 10.1. The third kappa shape index (κ3) is 3.63. The number of esters is 2. The second-order valence-electron chi connectivity index (χ2n) is 4.17. The Morgan fingerprint density at radius 1 is 1.19 bits per heavy atom. The van der Waals surface area contributed by atoms with Crippen molar-refractivity contribution in [3.05, 3.63) is 46.0 Å². The number of hydrogen-bond acceptors (Lipinski definition) is 7.